The predicted octanol–water partition coefficient (Wildman–Crippen LogP) is 3.50. The highest BCUT2D eigenvalue weighted by Gasteiger charge is 2.21. The smallest absolute Gasteiger partial charge is 0.348 e. The van der Waals surface area contributed by atoms with Gasteiger partial charge in [-0.15, -0.1) is 11.3 Å². The van der Waals surface area contributed by atoms with E-state index in [4.69, 9.17) is 26.9 Å². The van der Waals surface area contributed by atoms with Crippen molar-refractivity contribution in [3.63, 3.8) is 0 Å². The van der Waals surface area contributed by atoms with Crippen LogP contribution in [0.3, 0.4) is 0 Å². The van der Waals surface area contributed by atoms with Gasteiger partial charge in [0.15, 0.2) is 5.22 Å². The number of rotatable bonds is 3. The number of nitrogen functional groups attached to an aromatic ring is 1. The molecule has 0 atom stereocenters. The lowest BCUT2D eigenvalue weighted by atomic mass is 10.1. The van der Waals surface area contributed by atoms with Crippen LogP contribution in [0.4, 0.5) is 5.69 Å². The summed E-state index contributed by atoms with van der Waals surface area (Å²) in [5.74, 6) is -0.470. The molecule has 0 bridgehead atoms. The number of nitrogens with two attached hydrogens (primary N) is 1. The fourth-order valence-corrected chi connectivity index (χ4v) is 2.88. The summed E-state index contributed by atoms with van der Waals surface area (Å²) in [5, 5.41) is 9.29. The summed E-state index contributed by atoms with van der Waals surface area (Å²) in [6.07, 6.45) is 0.642. The first-order chi connectivity index (χ1) is 8.04. The van der Waals surface area contributed by atoms with Crippen molar-refractivity contribution in [2.75, 3.05) is 5.73 Å². The van der Waals surface area contributed by atoms with E-state index in [0.29, 0.717) is 17.9 Å². The van der Waals surface area contributed by atoms with Crippen molar-refractivity contribution >= 4 is 34.6 Å². The van der Waals surface area contributed by atoms with Crippen LogP contribution in [0, 0.1) is 0 Å². The third kappa shape index (κ3) is 2.03. The second-order valence-corrected chi connectivity index (χ2v) is 4.81. The van der Waals surface area contributed by atoms with Gasteiger partial charge in [-0.05, 0) is 35.7 Å². The molecule has 90 valence electrons. The zero-order valence-electron chi connectivity index (χ0n) is 8.99. The van der Waals surface area contributed by atoms with E-state index in [2.05, 4.69) is 0 Å². The van der Waals surface area contributed by atoms with Gasteiger partial charge in [-0.1, -0.05) is 6.92 Å². The third-order valence-electron chi connectivity index (χ3n) is 2.39. The Morgan fingerprint density at radius 2 is 2.29 bits per heavy atom. The lowest BCUT2D eigenvalue weighted by molar-refractivity contribution is 0.0703. The van der Waals surface area contributed by atoms with Crippen LogP contribution in [-0.4, -0.2) is 11.1 Å². The van der Waals surface area contributed by atoms with Crippen molar-refractivity contribution in [3.8, 4) is 10.6 Å². The molecule has 0 saturated heterocycles. The summed E-state index contributed by atoms with van der Waals surface area (Å²) in [6.45, 7) is 1.91. The molecule has 0 spiro atoms. The van der Waals surface area contributed by atoms with Crippen molar-refractivity contribution in [2.45, 2.75) is 13.3 Å². The molecule has 0 amide bonds. The van der Waals surface area contributed by atoms with Gasteiger partial charge < -0.3 is 15.3 Å². The van der Waals surface area contributed by atoms with E-state index in [1.54, 1.807) is 12.1 Å². The molecular weight excluding hydrogens is 262 g/mol. The molecule has 17 heavy (non-hydrogen) atoms. The molecule has 3 N–H and O–H groups in total. The fourth-order valence-electron chi connectivity index (χ4n) is 1.62. The quantitative estimate of drug-likeness (QED) is 0.896. The van der Waals surface area contributed by atoms with Gasteiger partial charge in [-0.2, -0.15) is 0 Å². The van der Waals surface area contributed by atoms with Crippen LogP contribution in [-0.2, 0) is 6.42 Å². The molecule has 4 nitrogen and oxygen atoms in total. The zero-order chi connectivity index (χ0) is 12.6. The number of hydrogen-bond donors (Lipinski definition) is 2. The molecule has 0 unspecified atom stereocenters. The standard InChI is InChI=1S/C11H10ClNO3S/c1-2-5-8(13)10(11(14)15)17-9(5)6-3-4-7(12)16-6/h3-4H,2,13H2,1H3,(H,14,15). The number of carboxylic acids is 1. The second kappa shape index (κ2) is 4.43. The molecule has 0 aromatic carbocycles. The number of furan rings is 1. The molecule has 0 radical (unpaired) electrons. The minimum atomic E-state index is -1.02. The highest BCUT2D eigenvalue weighted by Crippen LogP contribution is 2.40. The molecule has 6 heteroatoms. The Kier molecular flexibility index (Phi) is 3.13. The average Bonchev–Trinajstić information content (AvgIpc) is 2.82. The van der Waals surface area contributed by atoms with E-state index < -0.39 is 5.97 Å². The number of hydrogen-bond acceptors (Lipinski definition) is 4. The van der Waals surface area contributed by atoms with Gasteiger partial charge in [-0.25, -0.2) is 4.79 Å². The Bertz CT molecular complexity index is 573. The van der Waals surface area contributed by atoms with Crippen LogP contribution in [0.5, 0.6) is 0 Å². The number of halogens is 1. The van der Waals surface area contributed by atoms with E-state index >= 15 is 0 Å². The van der Waals surface area contributed by atoms with Gasteiger partial charge in [0, 0.05) is 0 Å². The zero-order valence-corrected chi connectivity index (χ0v) is 10.6. The topological polar surface area (TPSA) is 76.5 Å². The molecule has 0 fully saturated rings. The van der Waals surface area contributed by atoms with Crippen molar-refractivity contribution in [3.05, 3.63) is 27.8 Å². The largest absolute Gasteiger partial charge is 0.477 e. The summed E-state index contributed by atoms with van der Waals surface area (Å²) >= 11 is 6.81. The van der Waals surface area contributed by atoms with E-state index in [1.807, 2.05) is 6.92 Å². The molecule has 0 aliphatic heterocycles. The lowest BCUT2D eigenvalue weighted by Crippen LogP contribution is -1.99. The highest BCUT2D eigenvalue weighted by atomic mass is 35.5. The van der Waals surface area contributed by atoms with Gasteiger partial charge in [0.05, 0.1) is 10.6 Å². The van der Waals surface area contributed by atoms with Gasteiger partial charge in [0.1, 0.15) is 10.6 Å². The average molecular weight is 272 g/mol. The Labute approximate surface area is 107 Å². The number of carboxylic acid groups (broad SMARTS) is 1. The van der Waals surface area contributed by atoms with Crippen molar-refractivity contribution in [2.24, 2.45) is 0 Å². The predicted molar refractivity (Wildman–Crippen MR) is 67.8 cm³/mol. The minimum absolute atomic E-state index is 0.143. The van der Waals surface area contributed by atoms with E-state index in [0.717, 1.165) is 21.8 Å². The molecule has 2 rings (SSSR count). The summed E-state index contributed by atoms with van der Waals surface area (Å²) in [5.41, 5.74) is 6.92. The lowest BCUT2D eigenvalue weighted by Gasteiger charge is -1.98. The fraction of sp³-hybridized carbons (Fsp3) is 0.182. The normalized spacial score (nSPS) is 10.7. The molecule has 0 aliphatic carbocycles. The Morgan fingerprint density at radius 1 is 1.59 bits per heavy atom. The first kappa shape index (κ1) is 12.0. The highest BCUT2D eigenvalue weighted by molar-refractivity contribution is 7.18. The Morgan fingerprint density at radius 3 is 2.76 bits per heavy atom. The first-order valence-electron chi connectivity index (χ1n) is 4.94. The number of anilines is 1. The number of carbonyl (C=O) groups is 1. The van der Waals surface area contributed by atoms with Crippen molar-refractivity contribution in [1.29, 1.82) is 0 Å². The Balaban J connectivity index is 2.61. The SMILES string of the molecule is CCc1c(-c2ccc(Cl)o2)sc(C(=O)O)c1N. The molecule has 0 saturated carbocycles. The first-order valence-corrected chi connectivity index (χ1v) is 6.14. The summed E-state index contributed by atoms with van der Waals surface area (Å²) in [6, 6.07) is 3.32. The van der Waals surface area contributed by atoms with Gasteiger partial charge in [-0.3, -0.25) is 0 Å². The Hall–Kier alpha value is -1.46. The molecular formula is C11H10ClNO3S. The summed E-state index contributed by atoms with van der Waals surface area (Å²) in [4.78, 5) is 11.9. The van der Waals surface area contributed by atoms with Crippen molar-refractivity contribution in [1.82, 2.24) is 0 Å². The van der Waals surface area contributed by atoms with Crippen LogP contribution < -0.4 is 5.73 Å². The molecule has 2 aromatic rings. The van der Waals surface area contributed by atoms with Crippen LogP contribution in [0.15, 0.2) is 16.5 Å². The maximum absolute atomic E-state index is 11.0. The number of thiophene rings is 1. The van der Waals surface area contributed by atoms with Crippen LogP contribution >= 0.6 is 22.9 Å². The van der Waals surface area contributed by atoms with Gasteiger partial charge in [0.25, 0.3) is 0 Å². The summed E-state index contributed by atoms with van der Waals surface area (Å²) < 4.78 is 5.29. The monoisotopic (exact) mass is 271 g/mol. The van der Waals surface area contributed by atoms with E-state index in [1.165, 1.54) is 0 Å². The van der Waals surface area contributed by atoms with Crippen LogP contribution in [0.25, 0.3) is 10.6 Å². The second-order valence-electron chi connectivity index (χ2n) is 3.42. The van der Waals surface area contributed by atoms with Gasteiger partial charge in [0.2, 0.25) is 0 Å². The van der Waals surface area contributed by atoms with Crippen LogP contribution in [0.2, 0.25) is 5.22 Å². The molecule has 2 heterocycles. The summed E-state index contributed by atoms with van der Waals surface area (Å²) in [7, 11) is 0. The maximum atomic E-state index is 11.0. The van der Waals surface area contributed by atoms with E-state index in [-0.39, 0.29) is 10.1 Å². The third-order valence-corrected chi connectivity index (χ3v) is 3.85. The van der Waals surface area contributed by atoms with Gasteiger partial charge >= 0.3 is 5.97 Å². The molecule has 0 aliphatic rings. The molecule has 2 aromatic heterocycles. The van der Waals surface area contributed by atoms with E-state index in [9.17, 15) is 4.79 Å². The maximum Gasteiger partial charge on any atom is 0.348 e. The minimum Gasteiger partial charge on any atom is -0.477 e. The van der Waals surface area contributed by atoms with Crippen molar-refractivity contribution < 1.29 is 14.3 Å². The number of aromatic carboxylic acids is 1. The van der Waals surface area contributed by atoms with Crippen LogP contribution in [0.1, 0.15) is 22.2 Å².